The molecular weight excluding hydrogens is 216 g/mol. The summed E-state index contributed by atoms with van der Waals surface area (Å²) in [5.74, 6) is 5.64. The number of nitrogens with two attached hydrogens (primary N) is 1. The maximum absolute atomic E-state index is 11.5. The second kappa shape index (κ2) is 6.70. The van der Waals surface area contributed by atoms with Gasteiger partial charge >= 0.3 is 6.09 Å². The van der Waals surface area contributed by atoms with E-state index >= 15 is 0 Å². The molecule has 17 heavy (non-hydrogen) atoms. The maximum Gasteiger partial charge on any atom is 0.428 e. The number of anilines is 1. The number of amides is 1. The number of nitrogens with zero attached hydrogens (tertiary/aromatic N) is 1. The monoisotopic (exact) mass is 234 g/mol. The van der Waals surface area contributed by atoms with Gasteiger partial charge in [-0.15, -0.1) is 6.58 Å². The summed E-state index contributed by atoms with van der Waals surface area (Å²) in [5, 5.41) is 1.01. The molecule has 0 heterocycles. The van der Waals surface area contributed by atoms with Crippen molar-refractivity contribution in [3.63, 3.8) is 0 Å². The van der Waals surface area contributed by atoms with Crippen LogP contribution in [0.5, 0.6) is 0 Å². The molecule has 1 rings (SSSR count). The number of hydrogen-bond donors (Lipinski definition) is 1. The van der Waals surface area contributed by atoms with E-state index in [1.54, 1.807) is 12.1 Å². The van der Waals surface area contributed by atoms with E-state index in [0.717, 1.165) is 23.4 Å². The predicted octanol–water partition coefficient (Wildman–Crippen LogP) is 2.64. The van der Waals surface area contributed by atoms with Crippen molar-refractivity contribution in [3.8, 4) is 0 Å². The van der Waals surface area contributed by atoms with Crippen molar-refractivity contribution in [1.29, 1.82) is 0 Å². The molecule has 0 aromatic heterocycles. The Balaban J connectivity index is 2.65. The molecule has 0 aliphatic rings. The molecule has 4 nitrogen and oxygen atoms in total. The minimum atomic E-state index is -0.539. The lowest BCUT2D eigenvalue weighted by atomic mass is 10.1. The number of benzene rings is 1. The molecule has 0 aliphatic heterocycles. The maximum atomic E-state index is 11.5. The lowest BCUT2D eigenvalue weighted by Crippen LogP contribution is -2.38. The third kappa shape index (κ3) is 3.92. The van der Waals surface area contributed by atoms with Crippen LogP contribution in [0, 0.1) is 0 Å². The minimum absolute atomic E-state index is 0.376. The van der Waals surface area contributed by atoms with E-state index in [1.807, 2.05) is 25.1 Å². The Morgan fingerprint density at radius 3 is 2.65 bits per heavy atom. The second-order valence-corrected chi connectivity index (χ2v) is 3.64. The van der Waals surface area contributed by atoms with E-state index in [0.29, 0.717) is 12.3 Å². The van der Waals surface area contributed by atoms with Gasteiger partial charge in [-0.2, -0.15) is 0 Å². The van der Waals surface area contributed by atoms with Crippen molar-refractivity contribution in [2.24, 2.45) is 5.84 Å². The van der Waals surface area contributed by atoms with Crippen molar-refractivity contribution in [1.82, 2.24) is 0 Å². The summed E-state index contributed by atoms with van der Waals surface area (Å²) in [6.45, 7) is 5.97. The zero-order valence-corrected chi connectivity index (χ0v) is 10.1. The topological polar surface area (TPSA) is 55.6 Å². The highest BCUT2D eigenvalue weighted by Crippen LogP contribution is 2.14. The van der Waals surface area contributed by atoms with Gasteiger partial charge in [0, 0.05) is 0 Å². The van der Waals surface area contributed by atoms with Crippen LogP contribution < -0.4 is 10.9 Å². The third-order valence-electron chi connectivity index (χ3n) is 2.22. The molecule has 2 N–H and O–H groups in total. The van der Waals surface area contributed by atoms with Gasteiger partial charge in [-0.1, -0.05) is 25.1 Å². The number of ether oxygens (including phenoxy) is 1. The normalized spacial score (nSPS) is 9.76. The van der Waals surface area contributed by atoms with Crippen LogP contribution in [0.3, 0.4) is 0 Å². The molecular formula is C13H18N2O2. The van der Waals surface area contributed by atoms with Gasteiger partial charge in [0.2, 0.25) is 0 Å². The van der Waals surface area contributed by atoms with Crippen molar-refractivity contribution in [2.75, 3.05) is 11.6 Å². The van der Waals surface area contributed by atoms with Gasteiger partial charge in [0.05, 0.1) is 12.3 Å². The highest BCUT2D eigenvalue weighted by atomic mass is 16.6. The summed E-state index contributed by atoms with van der Waals surface area (Å²) < 4.78 is 4.93. The second-order valence-electron chi connectivity index (χ2n) is 3.64. The largest absolute Gasteiger partial charge is 0.448 e. The molecule has 0 fully saturated rings. The van der Waals surface area contributed by atoms with Gasteiger partial charge in [-0.3, -0.25) is 0 Å². The Bertz CT molecular complexity index is 374. The molecule has 1 aromatic carbocycles. The minimum Gasteiger partial charge on any atom is -0.448 e. The lowest BCUT2D eigenvalue weighted by molar-refractivity contribution is 0.154. The van der Waals surface area contributed by atoms with Gasteiger partial charge < -0.3 is 4.74 Å². The average Bonchev–Trinajstić information content (AvgIpc) is 2.36. The zero-order chi connectivity index (χ0) is 12.7. The number of hydrazine groups is 1. The Morgan fingerprint density at radius 2 is 2.12 bits per heavy atom. The summed E-state index contributed by atoms with van der Waals surface area (Å²) in [4.78, 5) is 11.5. The van der Waals surface area contributed by atoms with E-state index < -0.39 is 6.09 Å². The van der Waals surface area contributed by atoms with Gasteiger partial charge in [0.1, 0.15) is 0 Å². The highest BCUT2D eigenvalue weighted by molar-refractivity contribution is 5.86. The fourth-order valence-corrected chi connectivity index (χ4v) is 1.32. The van der Waals surface area contributed by atoms with E-state index in [4.69, 9.17) is 10.6 Å². The van der Waals surface area contributed by atoms with Crippen molar-refractivity contribution in [2.45, 2.75) is 19.8 Å². The molecule has 0 bridgehead atoms. The SMILES string of the molecule is C=CCc1ccc(N(N)C(=O)OCCC)cc1. The summed E-state index contributed by atoms with van der Waals surface area (Å²) in [7, 11) is 0. The fraction of sp³-hybridized carbons (Fsp3) is 0.308. The van der Waals surface area contributed by atoms with Crippen LogP contribution >= 0.6 is 0 Å². The summed E-state index contributed by atoms with van der Waals surface area (Å²) in [5.41, 5.74) is 1.73. The Kier molecular flexibility index (Phi) is 5.23. The van der Waals surface area contributed by atoms with E-state index in [9.17, 15) is 4.79 Å². The van der Waals surface area contributed by atoms with E-state index in [2.05, 4.69) is 6.58 Å². The van der Waals surface area contributed by atoms with Gasteiger partial charge in [-0.05, 0) is 30.5 Å². The van der Waals surface area contributed by atoms with Gasteiger partial charge in [0.25, 0.3) is 0 Å². The summed E-state index contributed by atoms with van der Waals surface area (Å²) in [6, 6.07) is 7.38. The molecule has 4 heteroatoms. The molecule has 0 radical (unpaired) electrons. The molecule has 1 amide bonds. The first-order valence-corrected chi connectivity index (χ1v) is 5.60. The smallest absolute Gasteiger partial charge is 0.428 e. The number of hydrogen-bond acceptors (Lipinski definition) is 3. The van der Waals surface area contributed by atoms with Crippen molar-refractivity contribution >= 4 is 11.8 Å². The Hall–Kier alpha value is -1.81. The van der Waals surface area contributed by atoms with Crippen molar-refractivity contribution < 1.29 is 9.53 Å². The molecule has 0 aliphatic carbocycles. The third-order valence-corrected chi connectivity index (χ3v) is 2.22. The van der Waals surface area contributed by atoms with Crippen LogP contribution in [-0.4, -0.2) is 12.7 Å². The average molecular weight is 234 g/mol. The molecule has 0 saturated carbocycles. The fourth-order valence-electron chi connectivity index (χ4n) is 1.32. The number of carbonyl (C=O) groups excluding carboxylic acids is 1. The molecule has 0 spiro atoms. The standard InChI is InChI=1S/C13H18N2O2/c1-3-5-11-6-8-12(9-7-11)15(14)13(16)17-10-4-2/h3,6-9H,1,4-5,10,14H2,2H3. The molecule has 0 saturated heterocycles. The lowest BCUT2D eigenvalue weighted by Gasteiger charge is -2.16. The molecule has 1 aromatic rings. The van der Waals surface area contributed by atoms with Crippen LogP contribution in [0.4, 0.5) is 10.5 Å². The summed E-state index contributed by atoms with van der Waals surface area (Å²) >= 11 is 0. The molecule has 0 unspecified atom stereocenters. The van der Waals surface area contributed by atoms with E-state index in [-0.39, 0.29) is 0 Å². The van der Waals surface area contributed by atoms with Gasteiger partial charge in [-0.25, -0.2) is 15.6 Å². The van der Waals surface area contributed by atoms with E-state index in [1.165, 1.54) is 0 Å². The highest BCUT2D eigenvalue weighted by Gasteiger charge is 2.12. The zero-order valence-electron chi connectivity index (χ0n) is 10.1. The summed E-state index contributed by atoms with van der Waals surface area (Å²) in [6.07, 6.45) is 2.86. The number of carbonyl (C=O) groups is 1. The van der Waals surface area contributed by atoms with Crippen LogP contribution in [0.1, 0.15) is 18.9 Å². The van der Waals surface area contributed by atoms with Crippen LogP contribution in [-0.2, 0) is 11.2 Å². The Morgan fingerprint density at radius 1 is 1.47 bits per heavy atom. The number of rotatable bonds is 5. The quantitative estimate of drug-likeness (QED) is 0.369. The van der Waals surface area contributed by atoms with Crippen LogP contribution in [0.25, 0.3) is 0 Å². The number of allylic oxidation sites excluding steroid dienone is 1. The van der Waals surface area contributed by atoms with Crippen LogP contribution in [0.15, 0.2) is 36.9 Å². The van der Waals surface area contributed by atoms with Gasteiger partial charge in [0.15, 0.2) is 0 Å². The van der Waals surface area contributed by atoms with Crippen molar-refractivity contribution in [3.05, 3.63) is 42.5 Å². The Labute approximate surface area is 102 Å². The van der Waals surface area contributed by atoms with Crippen LogP contribution in [0.2, 0.25) is 0 Å². The first kappa shape index (κ1) is 13.3. The predicted molar refractivity (Wildman–Crippen MR) is 68.6 cm³/mol. The first-order valence-electron chi connectivity index (χ1n) is 5.60. The first-order chi connectivity index (χ1) is 8.19. The molecule has 0 atom stereocenters. The molecule has 92 valence electrons.